The Labute approximate surface area is 179 Å². The lowest BCUT2D eigenvalue weighted by Crippen LogP contribution is -2.38. The molecular formula is C20H16N4O4S2. The summed E-state index contributed by atoms with van der Waals surface area (Å²) in [7, 11) is 1.48. The molecular weight excluding hydrogens is 424 g/mol. The number of nitrogens with zero attached hydrogens (tertiary/aromatic N) is 3. The number of carbonyl (C=O) groups excluding carboxylic acids is 3. The van der Waals surface area contributed by atoms with Crippen LogP contribution in [0.25, 0.3) is 16.8 Å². The number of thioether (sulfide) groups is 1. The summed E-state index contributed by atoms with van der Waals surface area (Å²) in [6.07, 6.45) is 1.69. The summed E-state index contributed by atoms with van der Waals surface area (Å²) in [5, 5.41) is 9.10. The first-order valence-corrected chi connectivity index (χ1v) is 10.7. The van der Waals surface area contributed by atoms with Gasteiger partial charge < -0.3 is 5.32 Å². The number of hydrogen-bond acceptors (Lipinski definition) is 7. The first-order valence-electron chi connectivity index (χ1n) is 8.99. The third-order valence-corrected chi connectivity index (χ3v) is 6.21. The van der Waals surface area contributed by atoms with E-state index in [1.807, 2.05) is 17.5 Å². The fraction of sp³-hybridized carbons (Fsp3) is 0.150. The van der Waals surface area contributed by atoms with Crippen LogP contribution in [0.4, 0.5) is 4.79 Å². The van der Waals surface area contributed by atoms with E-state index < -0.39 is 5.91 Å². The van der Waals surface area contributed by atoms with Crippen molar-refractivity contribution in [3.8, 4) is 0 Å². The summed E-state index contributed by atoms with van der Waals surface area (Å²) in [4.78, 5) is 51.9. The second-order valence-electron chi connectivity index (χ2n) is 6.43. The van der Waals surface area contributed by atoms with Gasteiger partial charge in [0.25, 0.3) is 22.6 Å². The molecule has 2 aromatic heterocycles. The van der Waals surface area contributed by atoms with Crippen LogP contribution in [0.15, 0.2) is 51.5 Å². The SMILES string of the molecule is Cn1nc(C(=O)NCCN2C(=O)S/C(=C/c3cccs3)C2=O)c2ccccc2c1=O. The van der Waals surface area contributed by atoms with E-state index in [1.165, 1.54) is 18.4 Å². The molecule has 152 valence electrons. The van der Waals surface area contributed by atoms with Crippen LogP contribution in [0.1, 0.15) is 15.4 Å². The Morgan fingerprint density at radius 2 is 1.90 bits per heavy atom. The molecule has 0 bridgehead atoms. The standard InChI is InChI=1S/C20H16N4O4S2/c1-23-18(26)14-7-3-2-6-13(14)16(22-23)17(25)21-8-9-24-19(27)15(30-20(24)28)11-12-5-4-10-29-12/h2-7,10-11H,8-9H2,1H3,(H,21,25)/b15-11+. The number of nitrogens with one attached hydrogen (secondary N) is 1. The Morgan fingerprint density at radius 1 is 1.13 bits per heavy atom. The number of imide groups is 1. The quantitative estimate of drug-likeness (QED) is 0.612. The molecule has 0 unspecified atom stereocenters. The topological polar surface area (TPSA) is 101 Å². The van der Waals surface area contributed by atoms with Gasteiger partial charge in [0.2, 0.25) is 0 Å². The summed E-state index contributed by atoms with van der Waals surface area (Å²) in [5.74, 6) is -0.860. The van der Waals surface area contributed by atoms with Crippen LogP contribution < -0.4 is 10.9 Å². The van der Waals surface area contributed by atoms with Gasteiger partial charge in [-0.1, -0.05) is 24.3 Å². The lowest BCUT2D eigenvalue weighted by molar-refractivity contribution is -0.122. The number of rotatable bonds is 5. The molecule has 1 N–H and O–H groups in total. The van der Waals surface area contributed by atoms with Crippen molar-refractivity contribution in [1.82, 2.24) is 20.0 Å². The minimum Gasteiger partial charge on any atom is -0.349 e. The van der Waals surface area contributed by atoms with E-state index in [9.17, 15) is 19.2 Å². The van der Waals surface area contributed by atoms with Crippen molar-refractivity contribution in [3.05, 3.63) is 67.6 Å². The number of fused-ring (bicyclic) bond motifs is 1. The minimum absolute atomic E-state index is 0.0435. The highest BCUT2D eigenvalue weighted by atomic mass is 32.2. The number of aromatic nitrogens is 2. The lowest BCUT2D eigenvalue weighted by Gasteiger charge is -2.13. The molecule has 0 radical (unpaired) electrons. The van der Waals surface area contributed by atoms with Crippen LogP contribution in [-0.4, -0.2) is 44.8 Å². The van der Waals surface area contributed by atoms with Gasteiger partial charge in [-0.25, -0.2) is 4.68 Å². The molecule has 4 rings (SSSR count). The molecule has 1 fully saturated rings. The van der Waals surface area contributed by atoms with E-state index in [0.29, 0.717) is 15.7 Å². The third kappa shape index (κ3) is 3.79. The zero-order valence-corrected chi connectivity index (χ0v) is 17.5. The molecule has 30 heavy (non-hydrogen) atoms. The fourth-order valence-electron chi connectivity index (χ4n) is 3.03. The van der Waals surface area contributed by atoms with Gasteiger partial charge in [-0.2, -0.15) is 5.10 Å². The maximum atomic E-state index is 12.6. The third-order valence-electron chi connectivity index (χ3n) is 4.48. The van der Waals surface area contributed by atoms with E-state index in [-0.39, 0.29) is 35.5 Å². The number of thiophene rings is 1. The maximum absolute atomic E-state index is 12.6. The fourth-order valence-corrected chi connectivity index (χ4v) is 4.62. The van der Waals surface area contributed by atoms with Gasteiger partial charge in [-0.3, -0.25) is 24.1 Å². The van der Waals surface area contributed by atoms with Crippen molar-refractivity contribution in [2.45, 2.75) is 0 Å². The second kappa shape index (κ2) is 8.25. The van der Waals surface area contributed by atoms with Gasteiger partial charge >= 0.3 is 0 Å². The number of benzene rings is 1. The highest BCUT2D eigenvalue weighted by Crippen LogP contribution is 2.32. The van der Waals surface area contributed by atoms with Crippen LogP contribution in [0.5, 0.6) is 0 Å². The number of amides is 3. The molecule has 10 heteroatoms. The Bertz CT molecular complexity index is 1250. The minimum atomic E-state index is -0.483. The molecule has 0 atom stereocenters. The van der Waals surface area contributed by atoms with Gasteiger partial charge in [0.15, 0.2) is 5.69 Å². The first kappa shape index (κ1) is 20.0. The predicted molar refractivity (Wildman–Crippen MR) is 116 cm³/mol. The highest BCUT2D eigenvalue weighted by molar-refractivity contribution is 8.18. The summed E-state index contributed by atoms with van der Waals surface area (Å²) in [6.45, 7) is 0.115. The van der Waals surface area contributed by atoms with Gasteiger partial charge in [-0.05, 0) is 35.4 Å². The Morgan fingerprint density at radius 3 is 2.63 bits per heavy atom. The van der Waals surface area contributed by atoms with Crippen LogP contribution in [0.2, 0.25) is 0 Å². The normalized spacial score (nSPS) is 15.4. The first-order chi connectivity index (χ1) is 14.5. The average Bonchev–Trinajstić information content (AvgIpc) is 3.34. The van der Waals surface area contributed by atoms with E-state index in [2.05, 4.69) is 10.4 Å². The van der Waals surface area contributed by atoms with E-state index in [1.54, 1.807) is 30.3 Å². The Balaban J connectivity index is 1.45. The smallest absolute Gasteiger partial charge is 0.293 e. The summed E-state index contributed by atoms with van der Waals surface area (Å²) in [6, 6.07) is 10.5. The lowest BCUT2D eigenvalue weighted by atomic mass is 10.1. The molecule has 1 aliphatic heterocycles. The summed E-state index contributed by atoms with van der Waals surface area (Å²) >= 11 is 2.36. The molecule has 0 aliphatic carbocycles. The maximum Gasteiger partial charge on any atom is 0.293 e. The number of aryl methyl sites for hydroxylation is 1. The Hall–Kier alpha value is -3.24. The largest absolute Gasteiger partial charge is 0.349 e. The second-order valence-corrected chi connectivity index (χ2v) is 8.40. The molecule has 1 aromatic carbocycles. The molecule has 8 nitrogen and oxygen atoms in total. The monoisotopic (exact) mass is 440 g/mol. The van der Waals surface area contributed by atoms with Crippen molar-refractivity contribution in [2.75, 3.05) is 13.1 Å². The Kier molecular flexibility index (Phi) is 5.51. The van der Waals surface area contributed by atoms with Crippen LogP contribution in [0, 0.1) is 0 Å². The van der Waals surface area contributed by atoms with Gasteiger partial charge in [-0.15, -0.1) is 11.3 Å². The van der Waals surface area contributed by atoms with E-state index in [4.69, 9.17) is 0 Å². The van der Waals surface area contributed by atoms with Crippen LogP contribution in [-0.2, 0) is 11.8 Å². The number of hydrogen-bond donors (Lipinski definition) is 1. The van der Waals surface area contributed by atoms with Crippen molar-refractivity contribution in [1.29, 1.82) is 0 Å². The van der Waals surface area contributed by atoms with Crippen molar-refractivity contribution in [2.24, 2.45) is 7.05 Å². The summed E-state index contributed by atoms with van der Waals surface area (Å²) in [5.41, 5.74) is -0.183. The van der Waals surface area contributed by atoms with Gasteiger partial charge in [0.05, 0.1) is 10.3 Å². The average molecular weight is 441 g/mol. The van der Waals surface area contributed by atoms with Crippen LogP contribution >= 0.6 is 23.1 Å². The molecule has 1 saturated heterocycles. The zero-order chi connectivity index (χ0) is 21.3. The van der Waals surface area contributed by atoms with Gasteiger partial charge in [0, 0.05) is 30.4 Å². The van der Waals surface area contributed by atoms with Crippen molar-refractivity contribution >= 4 is 57.0 Å². The van der Waals surface area contributed by atoms with Gasteiger partial charge in [0.1, 0.15) is 0 Å². The summed E-state index contributed by atoms with van der Waals surface area (Å²) < 4.78 is 1.11. The molecule has 0 spiro atoms. The predicted octanol–water partition coefficient (Wildman–Crippen LogP) is 2.46. The van der Waals surface area contributed by atoms with Crippen LogP contribution in [0.3, 0.4) is 0 Å². The van der Waals surface area contributed by atoms with E-state index in [0.717, 1.165) is 26.2 Å². The molecule has 1 aliphatic rings. The highest BCUT2D eigenvalue weighted by Gasteiger charge is 2.34. The molecule has 0 saturated carbocycles. The molecule has 3 aromatic rings. The zero-order valence-electron chi connectivity index (χ0n) is 15.8. The van der Waals surface area contributed by atoms with Crippen molar-refractivity contribution in [3.63, 3.8) is 0 Å². The van der Waals surface area contributed by atoms with Crippen molar-refractivity contribution < 1.29 is 14.4 Å². The molecule has 3 amide bonds. The molecule has 3 heterocycles. The number of carbonyl (C=O) groups is 3. The van der Waals surface area contributed by atoms with E-state index >= 15 is 0 Å².